The summed E-state index contributed by atoms with van der Waals surface area (Å²) in [7, 11) is 0. The number of amides is 2. The molecule has 1 N–H and O–H groups in total. The molecule has 1 atom stereocenters. The van der Waals surface area contributed by atoms with Gasteiger partial charge in [-0.25, -0.2) is 9.89 Å². The predicted molar refractivity (Wildman–Crippen MR) is 127 cm³/mol. The number of nitrogens with one attached hydrogen (secondary N) is 1. The second-order valence-corrected chi connectivity index (χ2v) is 9.34. The number of hydrogen-bond donors (Lipinski definition) is 1. The summed E-state index contributed by atoms with van der Waals surface area (Å²) in [5.41, 5.74) is 4.58. The van der Waals surface area contributed by atoms with Crippen LogP contribution < -0.4 is 5.32 Å². The maximum Gasteiger partial charge on any atom is 0.259 e. The summed E-state index contributed by atoms with van der Waals surface area (Å²) >= 11 is 1.26. The molecule has 7 heteroatoms. The van der Waals surface area contributed by atoms with E-state index in [1.807, 2.05) is 50.2 Å². The van der Waals surface area contributed by atoms with Crippen molar-refractivity contribution < 1.29 is 9.59 Å². The summed E-state index contributed by atoms with van der Waals surface area (Å²) in [5, 5.41) is 3.44. The summed E-state index contributed by atoms with van der Waals surface area (Å²) in [6, 6.07) is 13.2. The molecule has 0 saturated carbocycles. The van der Waals surface area contributed by atoms with E-state index >= 15 is 0 Å². The van der Waals surface area contributed by atoms with Gasteiger partial charge in [-0.1, -0.05) is 43.8 Å². The van der Waals surface area contributed by atoms with E-state index in [9.17, 15) is 9.59 Å². The fourth-order valence-electron chi connectivity index (χ4n) is 3.87. The third-order valence-electron chi connectivity index (χ3n) is 5.08. The van der Waals surface area contributed by atoms with Gasteiger partial charge in [-0.05, 0) is 61.6 Å². The van der Waals surface area contributed by atoms with Crippen LogP contribution in [0.15, 0.2) is 52.4 Å². The first-order valence-corrected chi connectivity index (χ1v) is 11.4. The lowest BCUT2D eigenvalue weighted by Crippen LogP contribution is -2.41. The highest BCUT2D eigenvalue weighted by molar-refractivity contribution is 8.14. The minimum absolute atomic E-state index is 0.0702. The number of hydrogen-bond acceptors (Lipinski definition) is 5. The minimum Gasteiger partial charge on any atom is -0.325 e. The molecule has 2 aromatic rings. The van der Waals surface area contributed by atoms with Gasteiger partial charge in [0.25, 0.3) is 5.91 Å². The van der Waals surface area contributed by atoms with Crippen LogP contribution in [-0.4, -0.2) is 39.5 Å². The van der Waals surface area contributed by atoms with E-state index in [1.165, 1.54) is 11.8 Å². The molecule has 2 amide bonds. The van der Waals surface area contributed by atoms with Gasteiger partial charge < -0.3 is 5.32 Å². The number of nitrogens with zero attached hydrogens (tertiary/aromatic N) is 3. The quantitative estimate of drug-likeness (QED) is 0.742. The molecule has 0 unspecified atom stereocenters. The van der Waals surface area contributed by atoms with E-state index in [0.717, 1.165) is 28.1 Å². The van der Waals surface area contributed by atoms with Crippen molar-refractivity contribution >= 4 is 46.0 Å². The van der Waals surface area contributed by atoms with Crippen molar-refractivity contribution in [3.05, 3.63) is 59.2 Å². The van der Waals surface area contributed by atoms with Crippen LogP contribution in [0.2, 0.25) is 0 Å². The molecular weight excluding hydrogens is 408 g/mol. The molecule has 0 fully saturated rings. The summed E-state index contributed by atoms with van der Waals surface area (Å²) in [6.07, 6.45) is 0.687. The van der Waals surface area contributed by atoms with Crippen LogP contribution in [0.4, 0.5) is 11.4 Å². The molecule has 6 nitrogen and oxygen atoms in total. The largest absolute Gasteiger partial charge is 0.325 e. The van der Waals surface area contributed by atoms with Crippen LogP contribution in [0.1, 0.15) is 37.0 Å². The maximum absolute atomic E-state index is 13.1. The molecule has 2 aliphatic heterocycles. The molecule has 0 saturated heterocycles. The van der Waals surface area contributed by atoms with E-state index in [-0.39, 0.29) is 17.6 Å². The average Bonchev–Trinajstić information content (AvgIpc) is 3.01. The number of aliphatic imine (C=N–C) groups is 2. The van der Waals surface area contributed by atoms with Crippen molar-refractivity contribution in [3.63, 3.8) is 0 Å². The molecule has 4 rings (SSSR count). The number of thioether (sulfide) groups is 1. The van der Waals surface area contributed by atoms with Crippen LogP contribution in [0, 0.1) is 19.8 Å². The highest BCUT2D eigenvalue weighted by Crippen LogP contribution is 2.34. The molecule has 0 bridgehead atoms. The van der Waals surface area contributed by atoms with E-state index in [4.69, 9.17) is 4.99 Å². The van der Waals surface area contributed by atoms with Crippen LogP contribution in [-0.2, 0) is 9.59 Å². The zero-order valence-electron chi connectivity index (χ0n) is 18.2. The number of carbonyl (C=O) groups is 2. The average molecular weight is 435 g/mol. The van der Waals surface area contributed by atoms with Crippen LogP contribution >= 0.6 is 11.8 Å². The van der Waals surface area contributed by atoms with Gasteiger partial charge >= 0.3 is 0 Å². The third kappa shape index (κ3) is 4.56. The van der Waals surface area contributed by atoms with Gasteiger partial charge in [-0.15, -0.1) is 0 Å². The molecule has 160 valence electrons. The number of fused-ring (bicyclic) bond motifs is 3. The highest BCUT2D eigenvalue weighted by Gasteiger charge is 2.41. The summed E-state index contributed by atoms with van der Waals surface area (Å²) in [5.74, 6) is 0.935. The summed E-state index contributed by atoms with van der Waals surface area (Å²) in [6.45, 7) is 8.16. The molecule has 0 radical (unpaired) electrons. The number of aryl methyl sites for hydroxylation is 2. The second kappa shape index (κ2) is 8.67. The van der Waals surface area contributed by atoms with Gasteiger partial charge in [-0.2, -0.15) is 0 Å². The number of carbonyl (C=O) groups excluding carboxylic acids is 2. The van der Waals surface area contributed by atoms with Crippen molar-refractivity contribution in [2.45, 2.75) is 40.2 Å². The Labute approximate surface area is 186 Å². The SMILES string of the molecule is Cc1cc(C)cc(NC(=O)CSC2=Nc3ccccc3C3=N[C@H](CC(C)C)C(=O)N23)c1. The summed E-state index contributed by atoms with van der Waals surface area (Å²) < 4.78 is 0. The first-order valence-electron chi connectivity index (χ1n) is 10.4. The first kappa shape index (κ1) is 21.3. The lowest BCUT2D eigenvalue weighted by atomic mass is 10.0. The van der Waals surface area contributed by atoms with Crippen molar-refractivity contribution in [2.75, 3.05) is 11.1 Å². The molecule has 31 heavy (non-hydrogen) atoms. The minimum atomic E-state index is -0.406. The van der Waals surface area contributed by atoms with Crippen LogP contribution in [0.3, 0.4) is 0 Å². The molecule has 2 heterocycles. The number of para-hydroxylation sites is 1. The Morgan fingerprint density at radius 1 is 1.16 bits per heavy atom. The predicted octanol–water partition coefficient (Wildman–Crippen LogP) is 4.68. The van der Waals surface area contributed by atoms with Gasteiger partial charge in [0.05, 0.1) is 11.4 Å². The zero-order valence-corrected chi connectivity index (χ0v) is 19.0. The van der Waals surface area contributed by atoms with E-state index in [0.29, 0.717) is 23.3 Å². The first-order chi connectivity index (χ1) is 14.8. The monoisotopic (exact) mass is 434 g/mol. The highest BCUT2D eigenvalue weighted by atomic mass is 32.2. The number of benzene rings is 2. The van der Waals surface area contributed by atoms with Gasteiger partial charge in [0.1, 0.15) is 11.9 Å². The Hall–Kier alpha value is -2.93. The lowest BCUT2D eigenvalue weighted by molar-refractivity contribution is -0.125. The van der Waals surface area contributed by atoms with E-state index in [1.54, 1.807) is 4.90 Å². The number of amidine groups is 2. The maximum atomic E-state index is 13.1. The van der Waals surface area contributed by atoms with Crippen molar-refractivity contribution in [1.29, 1.82) is 0 Å². The van der Waals surface area contributed by atoms with Crippen molar-refractivity contribution in [3.8, 4) is 0 Å². The molecule has 2 aromatic carbocycles. The fourth-order valence-corrected chi connectivity index (χ4v) is 4.67. The molecule has 0 aliphatic carbocycles. The number of rotatable bonds is 5. The normalized spacial score (nSPS) is 17.3. The van der Waals surface area contributed by atoms with Crippen LogP contribution in [0.5, 0.6) is 0 Å². The molecule has 0 spiro atoms. The van der Waals surface area contributed by atoms with Crippen molar-refractivity contribution in [2.24, 2.45) is 15.9 Å². The summed E-state index contributed by atoms with van der Waals surface area (Å²) in [4.78, 5) is 36.7. The van der Waals surface area contributed by atoms with Gasteiger partial charge in [0.15, 0.2) is 5.17 Å². The Morgan fingerprint density at radius 2 is 1.87 bits per heavy atom. The van der Waals surface area contributed by atoms with Crippen molar-refractivity contribution in [1.82, 2.24) is 4.90 Å². The van der Waals surface area contributed by atoms with Gasteiger partial charge in [0, 0.05) is 11.3 Å². The smallest absolute Gasteiger partial charge is 0.259 e. The zero-order chi connectivity index (χ0) is 22.1. The van der Waals surface area contributed by atoms with Gasteiger partial charge in [0.2, 0.25) is 5.91 Å². The lowest BCUT2D eigenvalue weighted by Gasteiger charge is -2.25. The molecule has 2 aliphatic rings. The Balaban J connectivity index is 1.54. The van der Waals surface area contributed by atoms with Crippen LogP contribution in [0.25, 0.3) is 0 Å². The third-order valence-corrected chi connectivity index (χ3v) is 6.02. The Bertz CT molecular complexity index is 1090. The Morgan fingerprint density at radius 3 is 2.58 bits per heavy atom. The fraction of sp³-hybridized carbons (Fsp3) is 0.333. The van der Waals surface area contributed by atoms with E-state index < -0.39 is 6.04 Å². The molecular formula is C24H26N4O2S. The second-order valence-electron chi connectivity index (χ2n) is 8.40. The Kier molecular flexibility index (Phi) is 5.96. The van der Waals surface area contributed by atoms with Gasteiger partial charge in [-0.3, -0.25) is 14.6 Å². The number of anilines is 1. The van der Waals surface area contributed by atoms with E-state index in [2.05, 4.69) is 30.2 Å². The standard InChI is InChI=1S/C24H26N4O2S/c1-14(2)9-20-23(30)28-22(26-20)18-7-5-6-8-19(18)27-24(28)31-13-21(29)25-17-11-15(3)10-16(4)12-17/h5-8,10-12,14,20H,9,13H2,1-4H3,(H,25,29)/t20-/m1/s1. The topological polar surface area (TPSA) is 74.1 Å². The molecule has 0 aromatic heterocycles.